The van der Waals surface area contributed by atoms with E-state index < -0.39 is 5.91 Å². The molecule has 1 aromatic carbocycles. The molecule has 0 aliphatic carbocycles. The van der Waals surface area contributed by atoms with E-state index in [0.717, 1.165) is 16.9 Å². The maximum Gasteiger partial charge on any atom is 0.248 e. The number of primary amides is 1. The van der Waals surface area contributed by atoms with Crippen molar-refractivity contribution in [2.45, 2.75) is 13.5 Å². The van der Waals surface area contributed by atoms with Crippen LogP contribution in [0.2, 0.25) is 0 Å². The van der Waals surface area contributed by atoms with E-state index in [4.69, 9.17) is 10.5 Å². The van der Waals surface area contributed by atoms with E-state index in [0.29, 0.717) is 17.9 Å². The van der Waals surface area contributed by atoms with E-state index in [1.165, 1.54) is 0 Å². The molecule has 0 bridgehead atoms. The Morgan fingerprint density at radius 1 is 1.50 bits per heavy atom. The van der Waals surface area contributed by atoms with Gasteiger partial charge in [-0.3, -0.25) is 9.48 Å². The zero-order valence-corrected chi connectivity index (χ0v) is 11.8. The number of hydrogen-bond donors (Lipinski definition) is 2. The van der Waals surface area contributed by atoms with Crippen molar-refractivity contribution >= 4 is 11.6 Å². The lowest BCUT2D eigenvalue weighted by Crippen LogP contribution is -2.12. The number of aromatic nitrogens is 2. The number of benzene rings is 1. The van der Waals surface area contributed by atoms with Crippen molar-refractivity contribution in [3.63, 3.8) is 0 Å². The summed E-state index contributed by atoms with van der Waals surface area (Å²) in [4.78, 5) is 11.2. The summed E-state index contributed by atoms with van der Waals surface area (Å²) in [6, 6.07) is 5.05. The SMILES string of the molecule is COc1ccc(C(N)=O)cc1NCc1cnn(C)c1C. The summed E-state index contributed by atoms with van der Waals surface area (Å²) in [5, 5.41) is 7.43. The monoisotopic (exact) mass is 274 g/mol. The first-order valence-corrected chi connectivity index (χ1v) is 6.22. The summed E-state index contributed by atoms with van der Waals surface area (Å²) in [6.07, 6.45) is 1.81. The first-order chi connectivity index (χ1) is 9.52. The van der Waals surface area contributed by atoms with Gasteiger partial charge in [0.15, 0.2) is 0 Å². The van der Waals surface area contributed by atoms with Crippen molar-refractivity contribution in [3.05, 3.63) is 41.2 Å². The van der Waals surface area contributed by atoms with Crippen LogP contribution in [0, 0.1) is 6.92 Å². The van der Waals surface area contributed by atoms with Crippen LogP contribution >= 0.6 is 0 Å². The van der Waals surface area contributed by atoms with Crippen molar-refractivity contribution < 1.29 is 9.53 Å². The molecule has 0 radical (unpaired) electrons. The van der Waals surface area contributed by atoms with E-state index in [-0.39, 0.29) is 0 Å². The van der Waals surface area contributed by atoms with Gasteiger partial charge in [0.05, 0.1) is 19.0 Å². The van der Waals surface area contributed by atoms with Crippen LogP contribution in [0.5, 0.6) is 5.75 Å². The van der Waals surface area contributed by atoms with Crippen LogP contribution in [0.25, 0.3) is 0 Å². The molecule has 2 rings (SSSR count). The molecule has 0 unspecified atom stereocenters. The first kappa shape index (κ1) is 13.9. The summed E-state index contributed by atoms with van der Waals surface area (Å²) < 4.78 is 7.08. The second-order valence-electron chi connectivity index (χ2n) is 4.51. The van der Waals surface area contributed by atoms with Crippen LogP contribution in [-0.2, 0) is 13.6 Å². The van der Waals surface area contributed by atoms with Gasteiger partial charge in [0, 0.05) is 30.4 Å². The highest BCUT2D eigenvalue weighted by Crippen LogP contribution is 2.26. The number of anilines is 1. The van der Waals surface area contributed by atoms with Gasteiger partial charge in [0.1, 0.15) is 5.75 Å². The molecule has 0 aliphatic rings. The van der Waals surface area contributed by atoms with Crippen LogP contribution in [0.3, 0.4) is 0 Å². The zero-order chi connectivity index (χ0) is 14.7. The summed E-state index contributed by atoms with van der Waals surface area (Å²) in [7, 11) is 3.48. The third-order valence-corrected chi connectivity index (χ3v) is 3.29. The zero-order valence-electron chi connectivity index (χ0n) is 11.8. The number of aryl methyl sites for hydroxylation is 1. The summed E-state index contributed by atoms with van der Waals surface area (Å²) in [5.74, 6) is 0.199. The van der Waals surface area contributed by atoms with E-state index >= 15 is 0 Å². The van der Waals surface area contributed by atoms with Crippen LogP contribution in [0.1, 0.15) is 21.6 Å². The molecule has 2 aromatic rings. The van der Waals surface area contributed by atoms with E-state index in [2.05, 4.69) is 10.4 Å². The number of rotatable bonds is 5. The highest BCUT2D eigenvalue weighted by molar-refractivity contribution is 5.94. The topological polar surface area (TPSA) is 82.2 Å². The van der Waals surface area contributed by atoms with E-state index in [1.54, 1.807) is 25.3 Å². The minimum Gasteiger partial charge on any atom is -0.495 e. The Morgan fingerprint density at radius 3 is 2.80 bits per heavy atom. The molecule has 0 spiro atoms. The van der Waals surface area contributed by atoms with Gasteiger partial charge in [-0.1, -0.05) is 0 Å². The Balaban J connectivity index is 2.21. The van der Waals surface area contributed by atoms with Crippen LogP contribution in [0.15, 0.2) is 24.4 Å². The standard InChI is InChI=1S/C14H18N4O2/c1-9-11(8-17-18(9)2)7-16-12-6-10(14(15)19)4-5-13(12)20-3/h4-6,8,16H,7H2,1-3H3,(H2,15,19). The fraction of sp³-hybridized carbons (Fsp3) is 0.286. The second-order valence-corrected chi connectivity index (χ2v) is 4.51. The molecule has 0 saturated carbocycles. The fourth-order valence-corrected chi connectivity index (χ4v) is 1.91. The smallest absolute Gasteiger partial charge is 0.248 e. The molecule has 6 heteroatoms. The van der Waals surface area contributed by atoms with Crippen LogP contribution in [0.4, 0.5) is 5.69 Å². The number of ether oxygens (including phenoxy) is 1. The Morgan fingerprint density at radius 2 is 2.25 bits per heavy atom. The lowest BCUT2D eigenvalue weighted by molar-refractivity contribution is 0.100. The molecule has 1 aromatic heterocycles. The number of methoxy groups -OCH3 is 1. The Kier molecular flexibility index (Phi) is 3.93. The normalized spacial score (nSPS) is 10.3. The predicted molar refractivity (Wildman–Crippen MR) is 76.8 cm³/mol. The minimum atomic E-state index is -0.465. The largest absolute Gasteiger partial charge is 0.495 e. The Hall–Kier alpha value is -2.50. The highest BCUT2D eigenvalue weighted by Gasteiger charge is 2.09. The number of nitrogens with two attached hydrogens (primary N) is 1. The molecule has 6 nitrogen and oxygen atoms in total. The van der Waals surface area contributed by atoms with Crippen LogP contribution in [-0.4, -0.2) is 22.8 Å². The van der Waals surface area contributed by atoms with Gasteiger partial charge in [-0.15, -0.1) is 0 Å². The van der Waals surface area contributed by atoms with Gasteiger partial charge in [-0.2, -0.15) is 5.10 Å². The third kappa shape index (κ3) is 2.74. The molecular formula is C14H18N4O2. The fourth-order valence-electron chi connectivity index (χ4n) is 1.91. The average Bonchev–Trinajstić information content (AvgIpc) is 2.76. The summed E-state index contributed by atoms with van der Waals surface area (Å²) in [6.45, 7) is 2.60. The van der Waals surface area contributed by atoms with Gasteiger partial charge < -0.3 is 15.8 Å². The number of hydrogen-bond acceptors (Lipinski definition) is 4. The van der Waals surface area contributed by atoms with Crippen molar-refractivity contribution in [3.8, 4) is 5.75 Å². The third-order valence-electron chi connectivity index (χ3n) is 3.29. The number of carbonyl (C=O) groups excluding carboxylic acids is 1. The first-order valence-electron chi connectivity index (χ1n) is 6.22. The predicted octanol–water partition coefficient (Wildman–Crippen LogP) is 1.45. The molecule has 20 heavy (non-hydrogen) atoms. The summed E-state index contributed by atoms with van der Waals surface area (Å²) in [5.41, 5.74) is 8.63. The second kappa shape index (κ2) is 5.64. The molecule has 0 saturated heterocycles. The minimum absolute atomic E-state index is 0.441. The quantitative estimate of drug-likeness (QED) is 0.864. The van der Waals surface area contributed by atoms with Gasteiger partial charge in [-0.05, 0) is 25.1 Å². The molecule has 0 aliphatic heterocycles. The highest BCUT2D eigenvalue weighted by atomic mass is 16.5. The Labute approximate surface area is 117 Å². The van der Waals surface area contributed by atoms with Gasteiger partial charge in [0.25, 0.3) is 0 Å². The number of carbonyl (C=O) groups is 1. The molecule has 1 heterocycles. The van der Waals surface area contributed by atoms with Gasteiger partial charge in [0.2, 0.25) is 5.91 Å². The lowest BCUT2D eigenvalue weighted by Gasteiger charge is -2.12. The number of nitrogens with zero attached hydrogens (tertiary/aromatic N) is 2. The molecule has 0 fully saturated rings. The molecule has 3 N–H and O–H groups in total. The maximum atomic E-state index is 11.2. The summed E-state index contributed by atoms with van der Waals surface area (Å²) >= 11 is 0. The lowest BCUT2D eigenvalue weighted by atomic mass is 10.1. The van der Waals surface area contributed by atoms with E-state index in [9.17, 15) is 4.79 Å². The maximum absolute atomic E-state index is 11.2. The van der Waals surface area contributed by atoms with Crippen molar-refractivity contribution in [1.82, 2.24) is 9.78 Å². The van der Waals surface area contributed by atoms with Crippen molar-refractivity contribution in [2.24, 2.45) is 12.8 Å². The number of nitrogens with one attached hydrogen (secondary N) is 1. The van der Waals surface area contributed by atoms with Gasteiger partial charge in [-0.25, -0.2) is 0 Å². The van der Waals surface area contributed by atoms with E-state index in [1.807, 2.05) is 24.9 Å². The molecule has 106 valence electrons. The Bertz CT molecular complexity index is 634. The van der Waals surface area contributed by atoms with Crippen molar-refractivity contribution in [1.29, 1.82) is 0 Å². The van der Waals surface area contributed by atoms with Gasteiger partial charge >= 0.3 is 0 Å². The molecular weight excluding hydrogens is 256 g/mol. The average molecular weight is 274 g/mol. The van der Waals surface area contributed by atoms with Crippen molar-refractivity contribution in [2.75, 3.05) is 12.4 Å². The molecule has 1 amide bonds. The number of amides is 1. The molecule has 0 atom stereocenters. The van der Waals surface area contributed by atoms with Crippen LogP contribution < -0.4 is 15.8 Å².